The molecule has 1 aromatic carbocycles. The number of halogens is 1. The number of hydrogen-bond acceptors (Lipinski definition) is 4. The molecule has 19 heavy (non-hydrogen) atoms. The first-order valence-electron chi connectivity index (χ1n) is 5.52. The number of carbonyl (C=O) groups is 1. The number of ether oxygens (including phenoxy) is 1. The highest BCUT2D eigenvalue weighted by atomic mass is 35.5. The Labute approximate surface area is 116 Å². The van der Waals surface area contributed by atoms with E-state index in [1.165, 1.54) is 0 Å². The van der Waals surface area contributed by atoms with Crippen LogP contribution < -0.4 is 11.2 Å². The van der Waals surface area contributed by atoms with Gasteiger partial charge < -0.3 is 15.3 Å². The van der Waals surface area contributed by atoms with Crippen molar-refractivity contribution in [1.82, 2.24) is 5.48 Å². The summed E-state index contributed by atoms with van der Waals surface area (Å²) in [5, 5.41) is 0.593. The molecule has 0 fully saturated rings. The minimum atomic E-state index is -0.887. The van der Waals surface area contributed by atoms with E-state index in [2.05, 4.69) is 15.3 Å². The zero-order chi connectivity index (χ0) is 14.5. The molecule has 0 atom stereocenters. The molecule has 0 bridgehead atoms. The molecule has 0 unspecified atom stereocenters. The van der Waals surface area contributed by atoms with Gasteiger partial charge in [0.1, 0.15) is 5.60 Å². The van der Waals surface area contributed by atoms with Crippen LogP contribution >= 0.6 is 11.6 Å². The van der Waals surface area contributed by atoms with Gasteiger partial charge in [-0.2, -0.15) is 5.48 Å². The van der Waals surface area contributed by atoms with E-state index < -0.39 is 11.8 Å². The van der Waals surface area contributed by atoms with E-state index in [0.717, 1.165) is 0 Å². The Balaban J connectivity index is 2.49. The number of hydrogen-bond donors (Lipinski definition) is 2. The Kier molecular flexibility index (Phi) is 5.00. The van der Waals surface area contributed by atoms with Crippen molar-refractivity contribution in [3.8, 4) is 0 Å². The third-order valence-corrected chi connectivity index (χ3v) is 1.96. The maximum Gasteiger partial charge on any atom is 0.533 e. The first-order chi connectivity index (χ1) is 8.76. The van der Waals surface area contributed by atoms with E-state index in [4.69, 9.17) is 22.1 Å². The van der Waals surface area contributed by atoms with Crippen LogP contribution in [-0.2, 0) is 9.57 Å². The van der Waals surface area contributed by atoms with Gasteiger partial charge in [-0.05, 0) is 45.0 Å². The molecule has 0 aromatic heterocycles. The fraction of sp³-hybridized carbons (Fsp3) is 0.333. The third-order valence-electron chi connectivity index (χ3n) is 1.70. The number of aliphatic imine (C=N–C) groups is 1. The number of carbonyl (C=O) groups excluding carboxylic acids is 1. The Hall–Kier alpha value is -1.95. The molecule has 104 valence electrons. The van der Waals surface area contributed by atoms with Gasteiger partial charge in [0.2, 0.25) is 5.96 Å². The summed E-state index contributed by atoms with van der Waals surface area (Å²) in [5.74, 6) is -0.0758. The fourth-order valence-electron chi connectivity index (χ4n) is 1.04. The monoisotopic (exact) mass is 285 g/mol. The van der Waals surface area contributed by atoms with Crippen LogP contribution in [0.3, 0.4) is 0 Å². The van der Waals surface area contributed by atoms with E-state index in [1.807, 2.05) is 0 Å². The zero-order valence-electron chi connectivity index (χ0n) is 10.9. The molecule has 1 aromatic rings. The summed E-state index contributed by atoms with van der Waals surface area (Å²) >= 11 is 5.73. The Morgan fingerprint density at radius 3 is 2.42 bits per heavy atom. The topological polar surface area (TPSA) is 85.9 Å². The summed E-state index contributed by atoms with van der Waals surface area (Å²) < 4.78 is 4.90. The predicted octanol–water partition coefficient (Wildman–Crippen LogP) is 2.74. The maximum absolute atomic E-state index is 11.2. The lowest BCUT2D eigenvalue weighted by atomic mass is 10.2. The number of nitrogens with one attached hydrogen (secondary N) is 1. The van der Waals surface area contributed by atoms with Gasteiger partial charge in [0.15, 0.2) is 0 Å². The van der Waals surface area contributed by atoms with E-state index in [9.17, 15) is 4.79 Å². The van der Waals surface area contributed by atoms with Crippen molar-refractivity contribution in [2.24, 2.45) is 10.7 Å². The van der Waals surface area contributed by atoms with Crippen molar-refractivity contribution in [3.05, 3.63) is 29.3 Å². The molecular weight excluding hydrogens is 270 g/mol. The number of benzene rings is 1. The van der Waals surface area contributed by atoms with Gasteiger partial charge in [0, 0.05) is 5.02 Å². The van der Waals surface area contributed by atoms with Crippen molar-refractivity contribution < 1.29 is 14.4 Å². The van der Waals surface area contributed by atoms with Crippen LogP contribution in [0, 0.1) is 0 Å². The lowest BCUT2D eigenvalue weighted by Gasteiger charge is -2.18. The minimum Gasteiger partial charge on any atom is -0.427 e. The third kappa shape index (κ3) is 6.52. The highest BCUT2D eigenvalue weighted by Crippen LogP contribution is 2.15. The summed E-state index contributed by atoms with van der Waals surface area (Å²) in [4.78, 5) is 19.8. The lowest BCUT2D eigenvalue weighted by molar-refractivity contribution is -0.0200. The molecule has 7 heteroatoms. The highest BCUT2D eigenvalue weighted by molar-refractivity contribution is 6.30. The molecule has 0 radical (unpaired) electrons. The molecule has 6 nitrogen and oxygen atoms in total. The van der Waals surface area contributed by atoms with Crippen LogP contribution in [0.1, 0.15) is 20.8 Å². The van der Waals surface area contributed by atoms with Gasteiger partial charge in [-0.15, -0.1) is 0 Å². The summed E-state index contributed by atoms with van der Waals surface area (Å²) in [5.41, 5.74) is 7.65. The molecule has 0 saturated carbocycles. The second kappa shape index (κ2) is 6.29. The second-order valence-electron chi connectivity index (χ2n) is 4.64. The molecule has 1 rings (SSSR count). The van der Waals surface area contributed by atoms with Crippen molar-refractivity contribution in [2.45, 2.75) is 26.4 Å². The quantitative estimate of drug-likeness (QED) is 0.359. The fourth-order valence-corrected chi connectivity index (χ4v) is 1.17. The minimum absolute atomic E-state index is 0.0758. The van der Waals surface area contributed by atoms with Gasteiger partial charge in [-0.3, -0.25) is 0 Å². The van der Waals surface area contributed by atoms with Gasteiger partial charge in [-0.25, -0.2) is 9.79 Å². The lowest BCUT2D eigenvalue weighted by Crippen LogP contribution is -2.35. The van der Waals surface area contributed by atoms with Crippen LogP contribution in [0.5, 0.6) is 0 Å². The Bertz CT molecular complexity index is 466. The van der Waals surface area contributed by atoms with Crippen LogP contribution in [0.15, 0.2) is 29.3 Å². The van der Waals surface area contributed by atoms with Crippen LogP contribution in [0.2, 0.25) is 5.02 Å². The highest BCUT2D eigenvalue weighted by Gasteiger charge is 2.17. The second-order valence-corrected chi connectivity index (χ2v) is 5.08. The zero-order valence-corrected chi connectivity index (χ0v) is 11.7. The van der Waals surface area contributed by atoms with E-state index >= 15 is 0 Å². The molecule has 0 amide bonds. The molecule has 0 aliphatic carbocycles. The van der Waals surface area contributed by atoms with Crippen molar-refractivity contribution in [3.63, 3.8) is 0 Å². The van der Waals surface area contributed by atoms with Gasteiger partial charge in [-0.1, -0.05) is 11.6 Å². The van der Waals surface area contributed by atoms with Crippen LogP contribution in [0.4, 0.5) is 10.5 Å². The molecule has 0 saturated heterocycles. The number of rotatable bonds is 1. The smallest absolute Gasteiger partial charge is 0.427 e. The number of nitrogens with zero attached hydrogens (tertiary/aromatic N) is 1. The SMILES string of the molecule is CC(C)(C)OC(=O)ONC(N)=Nc1ccc(Cl)cc1. The molecule has 0 aliphatic rings. The number of guanidine groups is 1. The van der Waals surface area contributed by atoms with Crippen molar-refractivity contribution >= 4 is 29.4 Å². The summed E-state index contributed by atoms with van der Waals surface area (Å²) in [6.45, 7) is 5.16. The van der Waals surface area contributed by atoms with E-state index in [1.54, 1.807) is 45.0 Å². The number of nitrogens with two attached hydrogens (primary N) is 1. The first kappa shape index (κ1) is 15.1. The molecule has 0 aliphatic heterocycles. The van der Waals surface area contributed by atoms with E-state index in [0.29, 0.717) is 10.7 Å². The predicted molar refractivity (Wildman–Crippen MR) is 73.2 cm³/mol. The van der Waals surface area contributed by atoms with Gasteiger partial charge >= 0.3 is 6.16 Å². The van der Waals surface area contributed by atoms with Crippen LogP contribution in [0.25, 0.3) is 0 Å². The van der Waals surface area contributed by atoms with E-state index in [-0.39, 0.29) is 5.96 Å². The summed E-state index contributed by atoms with van der Waals surface area (Å²) in [6.07, 6.45) is -0.887. The molecule has 0 heterocycles. The molecule has 0 spiro atoms. The van der Waals surface area contributed by atoms with Crippen molar-refractivity contribution in [1.29, 1.82) is 0 Å². The summed E-state index contributed by atoms with van der Waals surface area (Å²) in [7, 11) is 0. The van der Waals surface area contributed by atoms with Crippen LogP contribution in [-0.4, -0.2) is 17.7 Å². The first-order valence-corrected chi connectivity index (χ1v) is 5.89. The molecule has 3 N–H and O–H groups in total. The standard InChI is InChI=1S/C12H16ClN3O3/c1-12(2,3)18-11(17)19-16-10(14)15-9-6-4-8(13)5-7-9/h4-7H,1-3H3,(H3,14,15,16). The average molecular weight is 286 g/mol. The normalized spacial score (nSPS) is 11.9. The average Bonchev–Trinajstić information content (AvgIpc) is 2.27. The Morgan fingerprint density at radius 2 is 1.89 bits per heavy atom. The Morgan fingerprint density at radius 1 is 1.32 bits per heavy atom. The number of hydroxylamine groups is 1. The van der Waals surface area contributed by atoms with Gasteiger partial charge in [0.05, 0.1) is 5.69 Å². The van der Waals surface area contributed by atoms with Crippen molar-refractivity contribution in [2.75, 3.05) is 0 Å². The van der Waals surface area contributed by atoms with Gasteiger partial charge in [0.25, 0.3) is 0 Å². The molecular formula is C12H16ClN3O3. The largest absolute Gasteiger partial charge is 0.533 e. The maximum atomic E-state index is 11.2. The summed E-state index contributed by atoms with van der Waals surface area (Å²) in [6, 6.07) is 6.68.